The highest BCUT2D eigenvalue weighted by atomic mass is 19.4. The average Bonchev–Trinajstić information content (AvgIpc) is 2.65. The summed E-state index contributed by atoms with van der Waals surface area (Å²) in [7, 11) is 0. The van der Waals surface area contributed by atoms with Gasteiger partial charge in [-0.3, -0.25) is 0 Å². The van der Waals surface area contributed by atoms with Crippen molar-refractivity contribution in [2.45, 2.75) is 51.6 Å². The van der Waals surface area contributed by atoms with Gasteiger partial charge in [0.2, 0.25) is 0 Å². The average molecular weight is 376 g/mol. The molecule has 0 saturated carbocycles. The Labute approximate surface area is 159 Å². The van der Waals surface area contributed by atoms with Crippen molar-refractivity contribution in [3.63, 3.8) is 0 Å². The molecule has 2 rings (SSSR count). The van der Waals surface area contributed by atoms with Crippen LogP contribution in [0.2, 0.25) is 0 Å². The quantitative estimate of drug-likeness (QED) is 0.311. The maximum absolute atomic E-state index is 12.0. The highest BCUT2D eigenvalue weighted by Gasteiger charge is 2.21. The van der Waals surface area contributed by atoms with Gasteiger partial charge in [-0.05, 0) is 47.7 Å². The van der Waals surface area contributed by atoms with Crippen LogP contribution >= 0.6 is 0 Å². The van der Waals surface area contributed by atoms with Gasteiger partial charge in [-0.25, -0.2) is 0 Å². The van der Waals surface area contributed by atoms with Crippen LogP contribution in [0.15, 0.2) is 60.7 Å². The van der Waals surface area contributed by atoms with Crippen molar-refractivity contribution in [2.24, 2.45) is 0 Å². The lowest BCUT2D eigenvalue weighted by Crippen LogP contribution is -2.02. The third-order valence-electron chi connectivity index (χ3n) is 4.36. The SMILES string of the molecule is CCCCCCCc1ccc(-c2ccc(OCC=CC(F)(F)F)cc2)cc1. The molecule has 0 bridgehead atoms. The van der Waals surface area contributed by atoms with E-state index in [-0.39, 0.29) is 12.7 Å². The summed E-state index contributed by atoms with van der Waals surface area (Å²) >= 11 is 0. The number of aryl methyl sites for hydroxylation is 1. The number of rotatable bonds is 10. The van der Waals surface area contributed by atoms with Crippen LogP contribution in [-0.2, 0) is 6.42 Å². The van der Waals surface area contributed by atoms with E-state index in [2.05, 4.69) is 31.2 Å². The zero-order valence-electron chi connectivity index (χ0n) is 15.8. The summed E-state index contributed by atoms with van der Waals surface area (Å²) in [5.41, 5.74) is 3.53. The third kappa shape index (κ3) is 8.33. The van der Waals surface area contributed by atoms with Crippen molar-refractivity contribution in [1.29, 1.82) is 0 Å². The first kappa shape index (κ1) is 21.1. The molecular formula is C23H27F3O. The van der Waals surface area contributed by atoms with Gasteiger partial charge in [0.25, 0.3) is 0 Å². The lowest BCUT2D eigenvalue weighted by molar-refractivity contribution is -0.0801. The zero-order chi connectivity index (χ0) is 19.5. The van der Waals surface area contributed by atoms with Crippen molar-refractivity contribution >= 4 is 0 Å². The summed E-state index contributed by atoms with van der Waals surface area (Å²) < 4.78 is 41.4. The van der Waals surface area contributed by atoms with Gasteiger partial charge in [-0.15, -0.1) is 0 Å². The van der Waals surface area contributed by atoms with Crippen LogP contribution in [-0.4, -0.2) is 12.8 Å². The normalized spacial score (nSPS) is 11.9. The standard InChI is InChI=1S/C23H27F3O/c1-2-3-4-5-6-8-19-9-11-20(12-10-19)21-13-15-22(16-14-21)27-18-7-17-23(24,25)26/h7,9-17H,2-6,8,18H2,1H3. The lowest BCUT2D eigenvalue weighted by atomic mass is 10.0. The van der Waals surface area contributed by atoms with Crippen LogP contribution in [0.4, 0.5) is 13.2 Å². The Morgan fingerprint density at radius 1 is 0.815 bits per heavy atom. The number of unbranched alkanes of at least 4 members (excludes halogenated alkanes) is 4. The van der Waals surface area contributed by atoms with Crippen molar-refractivity contribution in [1.82, 2.24) is 0 Å². The number of hydrogen-bond acceptors (Lipinski definition) is 1. The molecule has 0 N–H and O–H groups in total. The van der Waals surface area contributed by atoms with E-state index in [0.29, 0.717) is 5.75 Å². The smallest absolute Gasteiger partial charge is 0.409 e. The van der Waals surface area contributed by atoms with E-state index in [4.69, 9.17) is 4.74 Å². The molecule has 0 unspecified atom stereocenters. The Morgan fingerprint density at radius 2 is 1.41 bits per heavy atom. The molecule has 0 heterocycles. The summed E-state index contributed by atoms with van der Waals surface area (Å²) in [5.74, 6) is 0.550. The minimum atomic E-state index is -4.30. The first-order chi connectivity index (χ1) is 13.0. The Hall–Kier alpha value is -2.23. The van der Waals surface area contributed by atoms with E-state index in [9.17, 15) is 13.2 Å². The van der Waals surface area contributed by atoms with E-state index in [1.165, 1.54) is 37.7 Å². The molecule has 0 saturated heterocycles. The number of allylic oxidation sites excluding steroid dienone is 1. The fourth-order valence-electron chi connectivity index (χ4n) is 2.87. The number of benzene rings is 2. The van der Waals surface area contributed by atoms with E-state index in [1.807, 2.05) is 12.1 Å². The molecule has 0 aliphatic carbocycles. The second kappa shape index (κ2) is 10.8. The highest BCUT2D eigenvalue weighted by molar-refractivity contribution is 5.64. The maximum Gasteiger partial charge on any atom is 0.409 e. The monoisotopic (exact) mass is 376 g/mol. The van der Waals surface area contributed by atoms with Crippen molar-refractivity contribution in [3.8, 4) is 16.9 Å². The summed E-state index contributed by atoms with van der Waals surface area (Å²) in [6.45, 7) is 2.12. The van der Waals surface area contributed by atoms with E-state index >= 15 is 0 Å². The fraction of sp³-hybridized carbons (Fsp3) is 0.391. The van der Waals surface area contributed by atoms with Crippen LogP contribution in [0.25, 0.3) is 11.1 Å². The van der Waals surface area contributed by atoms with Gasteiger partial charge in [-0.1, -0.05) is 69.0 Å². The number of halogens is 3. The molecule has 0 amide bonds. The van der Waals surface area contributed by atoms with Gasteiger partial charge in [0, 0.05) is 6.08 Å². The molecule has 27 heavy (non-hydrogen) atoms. The van der Waals surface area contributed by atoms with Crippen LogP contribution in [0, 0.1) is 0 Å². The predicted molar refractivity (Wildman–Crippen MR) is 105 cm³/mol. The summed E-state index contributed by atoms with van der Waals surface area (Å²) in [6, 6.07) is 16.0. The molecule has 0 atom stereocenters. The number of ether oxygens (including phenoxy) is 1. The molecule has 0 aromatic heterocycles. The van der Waals surface area contributed by atoms with E-state index in [0.717, 1.165) is 23.6 Å². The first-order valence-electron chi connectivity index (χ1n) is 9.54. The van der Waals surface area contributed by atoms with Crippen LogP contribution in [0.5, 0.6) is 5.75 Å². The lowest BCUT2D eigenvalue weighted by Gasteiger charge is -2.07. The summed E-state index contributed by atoms with van der Waals surface area (Å²) in [4.78, 5) is 0. The van der Waals surface area contributed by atoms with Crippen LogP contribution in [0.1, 0.15) is 44.6 Å². The second-order valence-corrected chi connectivity index (χ2v) is 6.64. The molecule has 0 aliphatic rings. The molecule has 2 aromatic rings. The van der Waals surface area contributed by atoms with Crippen LogP contribution in [0.3, 0.4) is 0 Å². The van der Waals surface area contributed by atoms with E-state index < -0.39 is 6.18 Å². The van der Waals surface area contributed by atoms with Crippen molar-refractivity contribution in [2.75, 3.05) is 6.61 Å². The van der Waals surface area contributed by atoms with Crippen molar-refractivity contribution < 1.29 is 17.9 Å². The van der Waals surface area contributed by atoms with Gasteiger partial charge in [0.05, 0.1) is 0 Å². The zero-order valence-corrected chi connectivity index (χ0v) is 15.8. The van der Waals surface area contributed by atoms with Crippen molar-refractivity contribution in [3.05, 3.63) is 66.2 Å². The number of alkyl halides is 3. The number of hydrogen-bond donors (Lipinski definition) is 0. The first-order valence-corrected chi connectivity index (χ1v) is 9.54. The molecule has 1 nitrogen and oxygen atoms in total. The Morgan fingerprint density at radius 3 is 2.00 bits per heavy atom. The largest absolute Gasteiger partial charge is 0.490 e. The van der Waals surface area contributed by atoms with Gasteiger partial charge in [-0.2, -0.15) is 13.2 Å². The molecule has 2 aromatic carbocycles. The van der Waals surface area contributed by atoms with Gasteiger partial charge < -0.3 is 4.74 Å². The predicted octanol–water partition coefficient (Wildman–Crippen LogP) is 7.36. The fourth-order valence-corrected chi connectivity index (χ4v) is 2.87. The molecule has 146 valence electrons. The molecule has 0 radical (unpaired) electrons. The maximum atomic E-state index is 12.0. The highest BCUT2D eigenvalue weighted by Crippen LogP contribution is 2.23. The van der Waals surface area contributed by atoms with E-state index in [1.54, 1.807) is 12.1 Å². The minimum absolute atomic E-state index is 0.105. The summed E-state index contributed by atoms with van der Waals surface area (Å²) in [5, 5.41) is 0. The Balaban J connectivity index is 1.83. The van der Waals surface area contributed by atoms with Gasteiger partial charge in [0.15, 0.2) is 0 Å². The molecule has 0 aliphatic heterocycles. The topological polar surface area (TPSA) is 9.23 Å². The molecule has 0 spiro atoms. The van der Waals surface area contributed by atoms with Gasteiger partial charge in [0.1, 0.15) is 12.4 Å². The second-order valence-electron chi connectivity index (χ2n) is 6.64. The molecule has 0 fully saturated rings. The minimum Gasteiger partial charge on any atom is -0.490 e. The Bertz CT molecular complexity index is 685. The Kier molecular flexibility index (Phi) is 8.43. The summed E-state index contributed by atoms with van der Waals surface area (Å²) in [6.07, 6.45) is 4.39. The third-order valence-corrected chi connectivity index (χ3v) is 4.36. The molecular weight excluding hydrogens is 349 g/mol. The molecule has 4 heteroatoms. The van der Waals surface area contributed by atoms with Crippen LogP contribution < -0.4 is 4.74 Å². The van der Waals surface area contributed by atoms with Gasteiger partial charge >= 0.3 is 6.18 Å².